The summed E-state index contributed by atoms with van der Waals surface area (Å²) in [7, 11) is -3.16. The molecule has 0 saturated heterocycles. The number of rotatable bonds is 7. The van der Waals surface area contributed by atoms with Crippen LogP contribution in [0.1, 0.15) is 25.7 Å². The number of nitrogens with one attached hydrogen (secondary N) is 2. The van der Waals surface area contributed by atoms with Gasteiger partial charge in [-0.15, -0.1) is 0 Å². The zero-order valence-electron chi connectivity index (χ0n) is 20.7. The molecule has 0 amide bonds. The van der Waals surface area contributed by atoms with E-state index in [0.29, 0.717) is 29.7 Å². The van der Waals surface area contributed by atoms with E-state index in [1.807, 2.05) is 0 Å². The smallest absolute Gasteiger partial charge is 0.267 e. The first kappa shape index (κ1) is 27.0. The predicted molar refractivity (Wildman–Crippen MR) is 143 cm³/mol. The molecule has 204 valence electrons. The number of halogens is 3. The first-order valence-electron chi connectivity index (χ1n) is 12.1. The highest BCUT2D eigenvalue weighted by atomic mass is 35.5. The van der Waals surface area contributed by atoms with Crippen molar-refractivity contribution in [1.82, 2.24) is 15.0 Å². The number of sulfonamides is 1. The Hall–Kier alpha value is -3.61. The van der Waals surface area contributed by atoms with E-state index < -0.39 is 37.8 Å². The quantitative estimate of drug-likeness (QED) is 0.276. The summed E-state index contributed by atoms with van der Waals surface area (Å²) in [4.78, 5) is 12.2. The number of nitrogens with zero attached hydrogens (tertiary/aromatic N) is 3. The van der Waals surface area contributed by atoms with Gasteiger partial charge >= 0.3 is 0 Å². The Balaban J connectivity index is 1.44. The SMILES string of the molecule is COc1ncc(Cl)cc1S(=O)(=O)Nc1ccc(F)c(-c2ccc3nc(N[C@H]4CC[C@H](O)CC4)ncc3c2)c1F. The second kappa shape index (κ2) is 10.9. The third-order valence-electron chi connectivity index (χ3n) is 6.50. The van der Waals surface area contributed by atoms with Crippen LogP contribution in [-0.2, 0) is 10.0 Å². The topological polar surface area (TPSA) is 126 Å². The Morgan fingerprint density at radius 3 is 2.56 bits per heavy atom. The van der Waals surface area contributed by atoms with Crippen LogP contribution in [0.5, 0.6) is 5.88 Å². The molecule has 0 atom stereocenters. The molecule has 2 aromatic heterocycles. The van der Waals surface area contributed by atoms with Crippen LogP contribution in [0.2, 0.25) is 5.02 Å². The van der Waals surface area contributed by atoms with Crippen LogP contribution in [0.4, 0.5) is 20.4 Å². The van der Waals surface area contributed by atoms with Crippen molar-refractivity contribution in [3.05, 3.63) is 65.4 Å². The molecule has 1 aliphatic rings. The number of pyridine rings is 1. The van der Waals surface area contributed by atoms with E-state index in [1.54, 1.807) is 12.3 Å². The fourth-order valence-corrected chi connectivity index (χ4v) is 5.94. The first-order valence-corrected chi connectivity index (χ1v) is 13.9. The number of fused-ring (bicyclic) bond motifs is 1. The van der Waals surface area contributed by atoms with Crippen molar-refractivity contribution in [2.75, 3.05) is 17.1 Å². The fourth-order valence-electron chi connectivity index (χ4n) is 4.51. The van der Waals surface area contributed by atoms with Crippen LogP contribution in [0.25, 0.3) is 22.0 Å². The Labute approximate surface area is 228 Å². The molecular formula is C26H24ClF2N5O4S. The average Bonchev–Trinajstić information content (AvgIpc) is 2.91. The van der Waals surface area contributed by atoms with Crippen molar-refractivity contribution >= 4 is 44.2 Å². The summed E-state index contributed by atoms with van der Waals surface area (Å²) < 4.78 is 63.6. The highest BCUT2D eigenvalue weighted by Gasteiger charge is 2.25. The number of hydrogen-bond donors (Lipinski definition) is 3. The van der Waals surface area contributed by atoms with Crippen LogP contribution in [0, 0.1) is 11.6 Å². The standard InChI is InChI=1S/C26H24ClF2N5O4S/c1-38-25-22(11-16(27)13-30-25)39(36,37)34-21-9-7-19(28)23(24(21)29)14-2-8-20-15(10-14)12-31-26(33-20)32-17-3-5-18(35)6-4-17/h2,7-13,17-18,34-35H,3-6H2,1H3,(H,31,32,33)/t17-,18-. The van der Waals surface area contributed by atoms with E-state index >= 15 is 4.39 Å². The van der Waals surface area contributed by atoms with Gasteiger partial charge in [-0.2, -0.15) is 0 Å². The van der Waals surface area contributed by atoms with Gasteiger partial charge in [-0.25, -0.2) is 32.2 Å². The van der Waals surface area contributed by atoms with Gasteiger partial charge in [-0.1, -0.05) is 17.7 Å². The van der Waals surface area contributed by atoms with Crippen molar-refractivity contribution in [3.63, 3.8) is 0 Å². The average molecular weight is 576 g/mol. The van der Waals surface area contributed by atoms with Crippen molar-refractivity contribution in [2.45, 2.75) is 42.7 Å². The van der Waals surface area contributed by atoms with Gasteiger partial charge in [-0.3, -0.25) is 4.72 Å². The lowest BCUT2D eigenvalue weighted by atomic mass is 9.93. The second-order valence-corrected chi connectivity index (χ2v) is 11.3. The van der Waals surface area contributed by atoms with Crippen LogP contribution in [0.3, 0.4) is 0 Å². The Kier molecular flexibility index (Phi) is 7.52. The molecule has 0 aliphatic heterocycles. The van der Waals surface area contributed by atoms with Crippen LogP contribution in [-0.4, -0.2) is 47.7 Å². The zero-order valence-corrected chi connectivity index (χ0v) is 22.2. The minimum Gasteiger partial charge on any atom is -0.480 e. The van der Waals surface area contributed by atoms with Gasteiger partial charge in [0.1, 0.15) is 5.82 Å². The molecule has 0 unspecified atom stereocenters. The highest BCUT2D eigenvalue weighted by Crippen LogP contribution is 2.34. The molecule has 1 saturated carbocycles. The molecule has 1 fully saturated rings. The second-order valence-electron chi connectivity index (χ2n) is 9.17. The Bertz CT molecular complexity index is 1650. The van der Waals surface area contributed by atoms with Crippen molar-refractivity contribution in [2.24, 2.45) is 0 Å². The molecule has 2 aromatic carbocycles. The lowest BCUT2D eigenvalue weighted by molar-refractivity contribution is 0.126. The summed E-state index contributed by atoms with van der Waals surface area (Å²) in [6.07, 6.45) is 5.52. The predicted octanol–water partition coefficient (Wildman–Crippen LogP) is 5.15. The minimum absolute atomic E-state index is 0.0331. The number of aliphatic hydroxyl groups is 1. The molecule has 9 nitrogen and oxygen atoms in total. The normalized spacial score (nSPS) is 17.7. The van der Waals surface area contributed by atoms with Crippen molar-refractivity contribution in [1.29, 1.82) is 0 Å². The summed E-state index contributed by atoms with van der Waals surface area (Å²) in [6.45, 7) is 0. The van der Waals surface area contributed by atoms with Crippen LogP contribution in [0.15, 0.2) is 53.7 Å². The maximum atomic E-state index is 15.6. The number of methoxy groups -OCH3 is 1. The third-order valence-corrected chi connectivity index (χ3v) is 8.07. The van der Waals surface area contributed by atoms with Gasteiger partial charge in [0, 0.05) is 23.8 Å². The minimum atomic E-state index is -4.39. The van der Waals surface area contributed by atoms with E-state index in [0.717, 1.165) is 31.0 Å². The van der Waals surface area contributed by atoms with Gasteiger partial charge in [0.15, 0.2) is 10.7 Å². The van der Waals surface area contributed by atoms with Gasteiger partial charge < -0.3 is 15.2 Å². The molecular weight excluding hydrogens is 552 g/mol. The first-order chi connectivity index (χ1) is 18.6. The lowest BCUT2D eigenvalue weighted by Crippen LogP contribution is -2.28. The molecule has 1 aliphatic carbocycles. The third kappa shape index (κ3) is 5.72. The highest BCUT2D eigenvalue weighted by molar-refractivity contribution is 7.92. The Morgan fingerprint density at radius 2 is 1.82 bits per heavy atom. The monoisotopic (exact) mass is 575 g/mol. The van der Waals surface area contributed by atoms with E-state index in [4.69, 9.17) is 16.3 Å². The summed E-state index contributed by atoms with van der Waals surface area (Å²) in [5.74, 6) is -1.79. The van der Waals surface area contributed by atoms with Gasteiger partial charge in [0.2, 0.25) is 11.8 Å². The number of hydrogen-bond acceptors (Lipinski definition) is 8. The maximum Gasteiger partial charge on any atom is 0.267 e. The number of benzene rings is 2. The molecule has 2 heterocycles. The van der Waals surface area contributed by atoms with E-state index in [-0.39, 0.29) is 28.6 Å². The summed E-state index contributed by atoms with van der Waals surface area (Å²) in [5, 5.41) is 13.5. The molecule has 3 N–H and O–H groups in total. The summed E-state index contributed by atoms with van der Waals surface area (Å²) >= 11 is 5.89. The van der Waals surface area contributed by atoms with Crippen LogP contribution < -0.4 is 14.8 Å². The fraction of sp³-hybridized carbons (Fsp3) is 0.269. The zero-order chi connectivity index (χ0) is 27.7. The van der Waals surface area contributed by atoms with Gasteiger partial charge in [-0.05, 0) is 61.6 Å². The molecule has 0 radical (unpaired) electrons. The number of aliphatic hydroxyl groups excluding tert-OH is 1. The van der Waals surface area contributed by atoms with E-state index in [2.05, 4.69) is 25.0 Å². The molecule has 5 rings (SSSR count). The lowest BCUT2D eigenvalue weighted by Gasteiger charge is -2.26. The van der Waals surface area contributed by atoms with Crippen LogP contribution >= 0.6 is 11.6 Å². The van der Waals surface area contributed by atoms with Gasteiger partial charge in [0.05, 0.1) is 35.0 Å². The molecule has 13 heteroatoms. The van der Waals surface area contributed by atoms with Crippen molar-refractivity contribution in [3.8, 4) is 17.0 Å². The van der Waals surface area contributed by atoms with Gasteiger partial charge in [0.25, 0.3) is 10.0 Å². The summed E-state index contributed by atoms with van der Waals surface area (Å²) in [5.41, 5.74) is -0.158. The number of ether oxygens (including phenoxy) is 1. The Morgan fingerprint density at radius 1 is 1.05 bits per heavy atom. The molecule has 0 spiro atoms. The van der Waals surface area contributed by atoms with E-state index in [9.17, 15) is 17.9 Å². The maximum absolute atomic E-state index is 15.6. The van der Waals surface area contributed by atoms with E-state index in [1.165, 1.54) is 25.4 Å². The molecule has 0 bridgehead atoms. The molecule has 4 aromatic rings. The number of anilines is 2. The largest absolute Gasteiger partial charge is 0.480 e. The number of aromatic nitrogens is 3. The summed E-state index contributed by atoms with van der Waals surface area (Å²) in [6, 6.07) is 7.87. The van der Waals surface area contributed by atoms with Crippen molar-refractivity contribution < 1.29 is 27.0 Å². The molecule has 39 heavy (non-hydrogen) atoms.